The normalized spacial score (nSPS) is 10.1. The fourth-order valence-corrected chi connectivity index (χ4v) is 1.65. The van der Waals surface area contributed by atoms with Crippen molar-refractivity contribution in [2.75, 3.05) is 0 Å². The molecule has 0 aromatic heterocycles. The second-order valence-corrected chi connectivity index (χ2v) is 7.90. The van der Waals surface area contributed by atoms with Crippen LogP contribution in [-0.4, -0.2) is 46.8 Å². The van der Waals surface area contributed by atoms with Crippen LogP contribution in [0.2, 0.25) is 0 Å². The van der Waals surface area contributed by atoms with Crippen molar-refractivity contribution in [2.24, 2.45) is 0 Å². The van der Waals surface area contributed by atoms with Crippen LogP contribution >= 0.6 is 0 Å². The fourth-order valence-electron chi connectivity index (χ4n) is 0.133. The first-order valence-corrected chi connectivity index (χ1v) is 6.79. The molecule has 0 amide bonds. The fraction of sp³-hybridized carbons (Fsp3) is 0. The molecule has 0 unspecified atom stereocenters. The van der Waals surface area contributed by atoms with Gasteiger partial charge in [0.2, 0.25) is 0 Å². The third-order valence-electron chi connectivity index (χ3n) is 0.269. The molecule has 0 aliphatic carbocycles. The summed E-state index contributed by atoms with van der Waals surface area (Å²) in [5.74, 6) is 0. The zero-order valence-corrected chi connectivity index (χ0v) is 6.67. The minimum absolute atomic E-state index is 0.942. The molecule has 44 valence electrons. The first-order valence-electron chi connectivity index (χ1n) is 1.49. The Kier molecular flexibility index (Phi) is 3.13. The Balaban J connectivity index is 3.95. The van der Waals surface area contributed by atoms with Gasteiger partial charge in [-0.25, -0.2) is 0 Å². The van der Waals surface area contributed by atoms with Crippen LogP contribution < -0.4 is 0 Å². The molecule has 0 spiro atoms. The van der Waals surface area contributed by atoms with Crippen molar-refractivity contribution in [1.29, 1.82) is 0 Å². The Morgan fingerprint density at radius 3 is 2.00 bits per heavy atom. The third kappa shape index (κ3) is 6.57. The summed E-state index contributed by atoms with van der Waals surface area (Å²) in [7, 11) is 0. The Morgan fingerprint density at radius 2 is 2.00 bits per heavy atom. The number of rotatable bonds is 2. The van der Waals surface area contributed by atoms with Crippen LogP contribution in [0.4, 0.5) is 0 Å². The van der Waals surface area contributed by atoms with Crippen molar-refractivity contribution in [2.45, 2.75) is 0 Å². The Bertz CT molecular complexity index is 179. The first-order chi connectivity index (χ1) is 3.42. The molecule has 0 radical (unpaired) electrons. The van der Waals surface area contributed by atoms with Crippen molar-refractivity contribution in [3.05, 3.63) is 10.1 Å². The topological polar surface area (TPSA) is 97.5 Å². The monoisotopic (exact) mass is 167 g/mol. The molecule has 0 aliphatic rings. The second-order valence-electron chi connectivity index (χ2n) is 1.04. The molecule has 0 aromatic carbocycles. The summed E-state index contributed by atoms with van der Waals surface area (Å²) >= 11 is -2.97. The molecule has 0 saturated heterocycles. The van der Waals surface area contributed by atoms with Crippen LogP contribution in [0, 0.1) is 10.1 Å². The van der Waals surface area contributed by atoms with Crippen LogP contribution in [0.15, 0.2) is 0 Å². The number of nitrogens with zero attached hydrogens (tertiary/aromatic N) is 1. The van der Waals surface area contributed by atoms with E-state index in [2.05, 4.69) is 0 Å². The van der Waals surface area contributed by atoms with E-state index >= 15 is 0 Å². The molecule has 0 atom stereocenters. The Labute approximate surface area is 61.0 Å². The van der Waals surface area contributed by atoms with E-state index in [1.807, 2.05) is 0 Å². The van der Waals surface area contributed by atoms with Gasteiger partial charge in [0.25, 0.3) is 0 Å². The molecule has 0 fully saturated rings. The summed E-state index contributed by atoms with van der Waals surface area (Å²) in [6, 6.07) is 0. The molecule has 8 heteroatoms. The van der Waals surface area contributed by atoms with Gasteiger partial charge in [0, 0.05) is 0 Å². The molecule has 0 rings (SSSR count). The van der Waals surface area contributed by atoms with Crippen LogP contribution in [-0.2, 0) is 4.65 Å². The van der Waals surface area contributed by atoms with Gasteiger partial charge in [-0.3, -0.25) is 0 Å². The molecule has 8 heavy (non-hydrogen) atoms. The third-order valence-corrected chi connectivity index (χ3v) is 3.32. The number of nitro groups is 1. The number of hydrogen-bond donors (Lipinski definition) is 1. The van der Waals surface area contributed by atoms with Crippen molar-refractivity contribution in [3.63, 3.8) is 0 Å². The van der Waals surface area contributed by atoms with E-state index < -0.39 is 38.4 Å². The van der Waals surface area contributed by atoms with Crippen LogP contribution in [0.1, 0.15) is 0 Å². The van der Waals surface area contributed by atoms with Crippen molar-refractivity contribution in [1.82, 2.24) is 0 Å². The molecule has 0 saturated carbocycles. The van der Waals surface area contributed by atoms with Gasteiger partial charge in [-0.05, 0) is 0 Å². The van der Waals surface area contributed by atoms with E-state index in [1.165, 1.54) is 0 Å². The van der Waals surface area contributed by atoms with Gasteiger partial charge < -0.3 is 0 Å². The zero-order chi connectivity index (χ0) is 6.78. The zero-order valence-electron chi connectivity index (χ0n) is 3.64. The molecular weight excluding hydrogens is 166 g/mol. The SMILES string of the molecule is O=[N+]([O-])[Ca][S](=O)(=O)O. The van der Waals surface area contributed by atoms with Crippen LogP contribution in [0.5, 0.6) is 0 Å². The summed E-state index contributed by atoms with van der Waals surface area (Å²) in [6.07, 6.45) is 0. The minimum atomic E-state index is -4.23. The van der Waals surface area contributed by atoms with Crippen molar-refractivity contribution in [3.8, 4) is 0 Å². The van der Waals surface area contributed by atoms with E-state index in [-0.39, 0.29) is 0 Å². The Morgan fingerprint density at radius 1 is 1.62 bits per heavy atom. The molecule has 0 aliphatic heterocycles. The summed E-state index contributed by atoms with van der Waals surface area (Å²) in [6.45, 7) is 0. The molecule has 0 heterocycles. The van der Waals surface area contributed by atoms with Gasteiger partial charge >= 0.3 is 61.5 Å². The number of hydrogen-bond acceptors (Lipinski definition) is 4. The van der Waals surface area contributed by atoms with Gasteiger partial charge in [0.1, 0.15) is 0 Å². The molecule has 0 aromatic rings. The molecule has 1 N–H and O–H groups in total. The van der Waals surface area contributed by atoms with Crippen LogP contribution in [0.25, 0.3) is 0 Å². The van der Waals surface area contributed by atoms with E-state index in [4.69, 9.17) is 4.55 Å². The van der Waals surface area contributed by atoms with E-state index in [0.717, 1.165) is 0 Å². The second kappa shape index (κ2) is 2.92. The van der Waals surface area contributed by atoms with Crippen LogP contribution in [0.3, 0.4) is 0 Å². The predicted octanol–water partition coefficient (Wildman–Crippen LogP) is -1.31. The summed E-state index contributed by atoms with van der Waals surface area (Å²) in [5.41, 5.74) is 0. The van der Waals surface area contributed by atoms with E-state index in [1.54, 1.807) is 0 Å². The van der Waals surface area contributed by atoms with Gasteiger partial charge in [-0.15, -0.1) is 0 Å². The predicted molar refractivity (Wildman–Crippen MR) is 24.3 cm³/mol. The van der Waals surface area contributed by atoms with Crippen molar-refractivity contribution < 1.29 is 14.4 Å². The maximum atomic E-state index is 9.64. The van der Waals surface area contributed by atoms with Gasteiger partial charge in [0.05, 0.1) is 0 Å². The Hall–Kier alpha value is 0.570. The summed E-state index contributed by atoms with van der Waals surface area (Å²) in [5, 5.41) is 9.36. The first kappa shape index (κ1) is 8.57. The van der Waals surface area contributed by atoms with Gasteiger partial charge in [-0.1, -0.05) is 0 Å². The molecule has 6 nitrogen and oxygen atoms in total. The molecular formula is HCaNO5S. The molecule has 0 bridgehead atoms. The maximum absolute atomic E-state index is 9.64. The van der Waals surface area contributed by atoms with E-state index in [0.29, 0.717) is 0 Å². The summed E-state index contributed by atoms with van der Waals surface area (Å²) < 4.78 is 21.9. The van der Waals surface area contributed by atoms with E-state index in [9.17, 15) is 18.5 Å². The average Bonchev–Trinajstić information content (AvgIpc) is 1.21. The summed E-state index contributed by atoms with van der Waals surface area (Å²) in [4.78, 5) is 9.36. The quantitative estimate of drug-likeness (QED) is 0.238. The van der Waals surface area contributed by atoms with Gasteiger partial charge in [0.15, 0.2) is 0 Å². The standard InChI is InChI=1S/Ca.NO2.HO3S/c;2-1-3;1-4(2)3/h;;(H,1,2,3). The van der Waals surface area contributed by atoms with Crippen molar-refractivity contribution >= 4 is 37.0 Å². The average molecular weight is 167 g/mol. The van der Waals surface area contributed by atoms with Gasteiger partial charge in [-0.2, -0.15) is 0 Å².